The van der Waals surface area contributed by atoms with Crippen LogP contribution >= 0.6 is 0 Å². The topological polar surface area (TPSA) is 41.1 Å². The fraction of sp³-hybridized carbons (Fsp3) is 0.700. The highest BCUT2D eigenvalue weighted by Crippen LogP contribution is 2.05. The fourth-order valence-corrected chi connectivity index (χ4v) is 1.56. The van der Waals surface area contributed by atoms with Crippen molar-refractivity contribution in [3.8, 4) is 0 Å². The Labute approximate surface area is 79.6 Å². The summed E-state index contributed by atoms with van der Waals surface area (Å²) in [5.41, 5.74) is 0. The SMILES string of the molecule is C=CCC(C)NC(=O)[C@@H]1CCCN1. The summed E-state index contributed by atoms with van der Waals surface area (Å²) in [6.45, 7) is 6.60. The van der Waals surface area contributed by atoms with Gasteiger partial charge in [0.1, 0.15) is 0 Å². The molecule has 0 saturated carbocycles. The maximum absolute atomic E-state index is 11.5. The van der Waals surface area contributed by atoms with Gasteiger partial charge in [0, 0.05) is 6.04 Å². The van der Waals surface area contributed by atoms with Gasteiger partial charge in [-0.1, -0.05) is 6.08 Å². The Morgan fingerprint density at radius 3 is 3.15 bits per heavy atom. The van der Waals surface area contributed by atoms with Crippen LogP contribution in [0.5, 0.6) is 0 Å². The average molecular weight is 182 g/mol. The molecule has 0 bridgehead atoms. The minimum absolute atomic E-state index is 0.0345. The molecule has 13 heavy (non-hydrogen) atoms. The van der Waals surface area contributed by atoms with Crippen LogP contribution in [0, 0.1) is 0 Å². The molecule has 0 aromatic heterocycles. The van der Waals surface area contributed by atoms with E-state index in [1.807, 2.05) is 13.0 Å². The van der Waals surface area contributed by atoms with E-state index < -0.39 is 0 Å². The van der Waals surface area contributed by atoms with E-state index in [2.05, 4.69) is 17.2 Å². The second-order valence-corrected chi connectivity index (χ2v) is 3.58. The number of hydrogen-bond acceptors (Lipinski definition) is 2. The molecule has 1 unspecified atom stereocenters. The third kappa shape index (κ3) is 3.19. The summed E-state index contributed by atoms with van der Waals surface area (Å²) >= 11 is 0. The minimum atomic E-state index is 0.0345. The zero-order valence-corrected chi connectivity index (χ0v) is 8.18. The van der Waals surface area contributed by atoms with Crippen molar-refractivity contribution < 1.29 is 4.79 Å². The van der Waals surface area contributed by atoms with Crippen molar-refractivity contribution in [2.75, 3.05) is 6.54 Å². The molecule has 0 radical (unpaired) electrons. The minimum Gasteiger partial charge on any atom is -0.352 e. The number of carbonyl (C=O) groups excluding carboxylic acids is 1. The Morgan fingerprint density at radius 2 is 2.62 bits per heavy atom. The highest BCUT2D eigenvalue weighted by molar-refractivity contribution is 5.82. The van der Waals surface area contributed by atoms with E-state index in [0.29, 0.717) is 0 Å². The summed E-state index contributed by atoms with van der Waals surface area (Å²) in [6.07, 6.45) is 4.73. The first kappa shape index (κ1) is 10.3. The highest BCUT2D eigenvalue weighted by atomic mass is 16.2. The number of amides is 1. The summed E-state index contributed by atoms with van der Waals surface area (Å²) < 4.78 is 0. The number of hydrogen-bond donors (Lipinski definition) is 2. The van der Waals surface area contributed by atoms with Crippen LogP contribution in [-0.2, 0) is 4.79 Å². The first-order valence-corrected chi connectivity index (χ1v) is 4.88. The molecule has 2 N–H and O–H groups in total. The van der Waals surface area contributed by atoms with Gasteiger partial charge < -0.3 is 10.6 Å². The first-order valence-electron chi connectivity index (χ1n) is 4.88. The van der Waals surface area contributed by atoms with E-state index in [1.165, 1.54) is 0 Å². The monoisotopic (exact) mass is 182 g/mol. The lowest BCUT2D eigenvalue weighted by atomic mass is 10.2. The Hall–Kier alpha value is -0.830. The summed E-state index contributed by atoms with van der Waals surface area (Å²) in [6, 6.07) is 0.236. The zero-order valence-electron chi connectivity index (χ0n) is 8.18. The van der Waals surface area contributed by atoms with Crippen LogP contribution < -0.4 is 10.6 Å². The highest BCUT2D eigenvalue weighted by Gasteiger charge is 2.22. The lowest BCUT2D eigenvalue weighted by Crippen LogP contribution is -2.44. The van der Waals surface area contributed by atoms with Gasteiger partial charge in [-0.3, -0.25) is 4.79 Å². The second-order valence-electron chi connectivity index (χ2n) is 3.58. The van der Waals surface area contributed by atoms with Crippen molar-refractivity contribution in [3.63, 3.8) is 0 Å². The quantitative estimate of drug-likeness (QED) is 0.632. The molecule has 1 saturated heterocycles. The van der Waals surface area contributed by atoms with Crippen molar-refractivity contribution in [1.82, 2.24) is 10.6 Å². The van der Waals surface area contributed by atoms with Crippen LogP contribution in [0.4, 0.5) is 0 Å². The summed E-state index contributed by atoms with van der Waals surface area (Å²) in [5.74, 6) is 0.131. The van der Waals surface area contributed by atoms with Crippen LogP contribution in [0.15, 0.2) is 12.7 Å². The predicted molar refractivity (Wildman–Crippen MR) is 53.4 cm³/mol. The Morgan fingerprint density at radius 1 is 1.85 bits per heavy atom. The second kappa shape index (κ2) is 5.02. The summed E-state index contributed by atoms with van der Waals surface area (Å²) in [7, 11) is 0. The molecule has 0 aromatic carbocycles. The van der Waals surface area contributed by atoms with E-state index >= 15 is 0 Å². The molecule has 0 aromatic rings. The maximum atomic E-state index is 11.5. The molecule has 1 amide bonds. The molecular formula is C10H18N2O. The molecule has 0 aliphatic carbocycles. The Balaban J connectivity index is 2.26. The lowest BCUT2D eigenvalue weighted by Gasteiger charge is -2.15. The summed E-state index contributed by atoms with van der Waals surface area (Å²) in [5, 5.41) is 6.12. The molecule has 0 spiro atoms. The standard InChI is InChI=1S/C10H18N2O/c1-3-5-8(2)12-10(13)9-6-4-7-11-9/h3,8-9,11H,1,4-7H2,2H3,(H,12,13)/t8?,9-/m0/s1. The van der Waals surface area contributed by atoms with Crippen molar-refractivity contribution in [2.45, 2.75) is 38.3 Å². The zero-order chi connectivity index (χ0) is 9.68. The van der Waals surface area contributed by atoms with Gasteiger partial charge >= 0.3 is 0 Å². The van der Waals surface area contributed by atoms with Gasteiger partial charge in [-0.05, 0) is 32.7 Å². The number of nitrogens with one attached hydrogen (secondary N) is 2. The lowest BCUT2D eigenvalue weighted by molar-refractivity contribution is -0.123. The van der Waals surface area contributed by atoms with Crippen LogP contribution in [-0.4, -0.2) is 24.5 Å². The van der Waals surface area contributed by atoms with Gasteiger partial charge in [-0.15, -0.1) is 6.58 Å². The third-order valence-corrected chi connectivity index (χ3v) is 2.29. The van der Waals surface area contributed by atoms with E-state index in [0.717, 1.165) is 25.8 Å². The fourth-order valence-electron chi connectivity index (χ4n) is 1.56. The molecule has 3 nitrogen and oxygen atoms in total. The number of carbonyl (C=O) groups is 1. The van der Waals surface area contributed by atoms with Gasteiger partial charge in [0.25, 0.3) is 0 Å². The molecule has 1 heterocycles. The van der Waals surface area contributed by atoms with Gasteiger partial charge in [0.15, 0.2) is 0 Å². The average Bonchev–Trinajstić information content (AvgIpc) is 2.55. The molecule has 1 aliphatic rings. The van der Waals surface area contributed by atoms with Gasteiger partial charge in [0.05, 0.1) is 6.04 Å². The molecule has 1 fully saturated rings. The van der Waals surface area contributed by atoms with Crippen molar-refractivity contribution >= 4 is 5.91 Å². The molecular weight excluding hydrogens is 164 g/mol. The van der Waals surface area contributed by atoms with Gasteiger partial charge in [0.2, 0.25) is 5.91 Å². The summed E-state index contributed by atoms with van der Waals surface area (Å²) in [4.78, 5) is 11.5. The van der Waals surface area contributed by atoms with E-state index in [1.54, 1.807) is 0 Å². The van der Waals surface area contributed by atoms with Crippen molar-refractivity contribution in [2.24, 2.45) is 0 Å². The van der Waals surface area contributed by atoms with E-state index in [4.69, 9.17) is 0 Å². The normalized spacial score (nSPS) is 23.9. The smallest absolute Gasteiger partial charge is 0.237 e. The van der Waals surface area contributed by atoms with Crippen LogP contribution in [0.1, 0.15) is 26.2 Å². The van der Waals surface area contributed by atoms with Crippen molar-refractivity contribution in [3.05, 3.63) is 12.7 Å². The maximum Gasteiger partial charge on any atom is 0.237 e. The Kier molecular flexibility index (Phi) is 3.96. The molecule has 1 rings (SSSR count). The molecule has 2 atom stereocenters. The first-order chi connectivity index (χ1) is 6.24. The van der Waals surface area contributed by atoms with Gasteiger partial charge in [-0.25, -0.2) is 0 Å². The number of rotatable bonds is 4. The van der Waals surface area contributed by atoms with Crippen LogP contribution in [0.25, 0.3) is 0 Å². The molecule has 1 aliphatic heterocycles. The largest absolute Gasteiger partial charge is 0.352 e. The van der Waals surface area contributed by atoms with E-state index in [-0.39, 0.29) is 18.0 Å². The Bertz CT molecular complexity index is 185. The van der Waals surface area contributed by atoms with Gasteiger partial charge in [-0.2, -0.15) is 0 Å². The third-order valence-electron chi connectivity index (χ3n) is 2.29. The predicted octanol–water partition coefficient (Wildman–Crippen LogP) is 0.819. The van der Waals surface area contributed by atoms with Crippen molar-refractivity contribution in [1.29, 1.82) is 0 Å². The van der Waals surface area contributed by atoms with E-state index in [9.17, 15) is 4.79 Å². The van der Waals surface area contributed by atoms with Crippen LogP contribution in [0.2, 0.25) is 0 Å². The van der Waals surface area contributed by atoms with Crippen LogP contribution in [0.3, 0.4) is 0 Å². The molecule has 3 heteroatoms. The molecule has 74 valence electrons.